The van der Waals surface area contributed by atoms with Gasteiger partial charge in [0.25, 0.3) is 11.8 Å². The second-order valence-electron chi connectivity index (χ2n) is 10.9. The van der Waals surface area contributed by atoms with Gasteiger partial charge in [0, 0.05) is 18.2 Å². The molecule has 18 heteroatoms. The Bertz CT molecular complexity index is 1760. The number of amides is 3. The fourth-order valence-electron chi connectivity index (χ4n) is 5.16. The zero-order chi connectivity index (χ0) is 35.3. The summed E-state index contributed by atoms with van der Waals surface area (Å²) in [5.74, 6) is -8.29. The molecule has 0 spiro atoms. The monoisotopic (exact) mass is 743 g/mol. The number of hydrogen-bond donors (Lipinski definition) is 3. The Morgan fingerprint density at radius 2 is 1.48 bits per heavy atom. The van der Waals surface area contributed by atoms with E-state index in [0.717, 1.165) is 24.3 Å². The third-order valence-corrected chi connectivity index (χ3v) is 8.86. The molecule has 1 aliphatic carbocycles. The first-order valence-electron chi connectivity index (χ1n) is 13.8. The molecular weight excluding hydrogens is 725 g/mol. The highest BCUT2D eigenvalue weighted by molar-refractivity contribution is 6.53. The van der Waals surface area contributed by atoms with E-state index in [0.29, 0.717) is 31.6 Å². The Morgan fingerprint density at radius 1 is 0.833 bits per heavy atom. The highest BCUT2D eigenvalue weighted by Gasteiger charge is 2.68. The van der Waals surface area contributed by atoms with Gasteiger partial charge in [-0.1, -0.05) is 11.6 Å². The van der Waals surface area contributed by atoms with Crippen LogP contribution in [0, 0.1) is 17.6 Å². The van der Waals surface area contributed by atoms with Crippen molar-refractivity contribution < 1.29 is 54.2 Å². The van der Waals surface area contributed by atoms with Crippen molar-refractivity contribution in [3.8, 4) is 0 Å². The van der Waals surface area contributed by atoms with Gasteiger partial charge < -0.3 is 20.7 Å². The van der Waals surface area contributed by atoms with E-state index >= 15 is 4.39 Å². The Morgan fingerprint density at radius 3 is 2.06 bits per heavy atom. The lowest BCUT2D eigenvalue weighted by Gasteiger charge is -2.15. The van der Waals surface area contributed by atoms with E-state index in [1.807, 2.05) is 0 Å². The van der Waals surface area contributed by atoms with Crippen LogP contribution in [0.3, 0.4) is 0 Å². The van der Waals surface area contributed by atoms with Crippen LogP contribution in [0.2, 0.25) is 5.02 Å². The van der Waals surface area contributed by atoms with Crippen molar-refractivity contribution in [1.82, 2.24) is 0 Å². The molecule has 48 heavy (non-hydrogen) atoms. The molecule has 3 aromatic carbocycles. The molecule has 2 aliphatic rings. The average Bonchev–Trinajstić information content (AvgIpc) is 3.29. The summed E-state index contributed by atoms with van der Waals surface area (Å²) in [5, 5.41) is 6.43. The van der Waals surface area contributed by atoms with E-state index in [1.165, 1.54) is 6.07 Å². The predicted molar refractivity (Wildman–Crippen MR) is 159 cm³/mol. The standard InChI is InChI=1S/C30H20Cl3F8N3O4/c31-17-4-3-15(11-16(17)25(45)43-19-6-5-18(34)24(23(19)35)44-26(46)20-2-1-7-48-20)42-27(47)22-21(28(22,32)33)12-8-13(29(36,37)38)10-14(9-12)30(39,40)41/h3-6,8-11,20-22H,1-2,7H2,(H,42,47)(H,43,45)(H,44,46). The van der Waals surface area contributed by atoms with Gasteiger partial charge >= 0.3 is 12.4 Å². The molecule has 256 valence electrons. The maximum Gasteiger partial charge on any atom is 0.416 e. The molecule has 3 aromatic rings. The summed E-state index contributed by atoms with van der Waals surface area (Å²) in [5.41, 5.74) is -5.68. The first kappa shape index (κ1) is 35.6. The summed E-state index contributed by atoms with van der Waals surface area (Å²) in [6.07, 6.45) is -10.3. The topological polar surface area (TPSA) is 96.5 Å². The van der Waals surface area contributed by atoms with Crippen LogP contribution in [-0.2, 0) is 26.7 Å². The van der Waals surface area contributed by atoms with Crippen molar-refractivity contribution >= 4 is 69.6 Å². The maximum atomic E-state index is 15.2. The second kappa shape index (κ2) is 13.0. The Hall–Kier alpha value is -3.66. The molecule has 5 rings (SSSR count). The highest BCUT2D eigenvalue weighted by atomic mass is 35.5. The molecular formula is C30H20Cl3F8N3O4. The number of alkyl halides is 8. The molecule has 2 fully saturated rings. The van der Waals surface area contributed by atoms with Crippen LogP contribution >= 0.6 is 34.8 Å². The third-order valence-electron chi connectivity index (χ3n) is 7.59. The van der Waals surface area contributed by atoms with Crippen molar-refractivity contribution in [2.75, 3.05) is 22.6 Å². The minimum Gasteiger partial charge on any atom is -0.368 e. The van der Waals surface area contributed by atoms with Gasteiger partial charge in [-0.25, -0.2) is 8.78 Å². The van der Waals surface area contributed by atoms with E-state index in [1.54, 1.807) is 0 Å². The van der Waals surface area contributed by atoms with Crippen LogP contribution in [-0.4, -0.2) is 34.8 Å². The minimum atomic E-state index is -5.15. The SMILES string of the molecule is O=C(Nc1ccc(F)c(NC(=O)C2CCCO2)c1F)c1cc(NC(=O)C2C(c3cc(C(F)(F)F)cc(C(F)(F)F)c3)C2(Cl)Cl)ccc1Cl. The van der Waals surface area contributed by atoms with Gasteiger partial charge in [0.15, 0.2) is 5.82 Å². The summed E-state index contributed by atoms with van der Waals surface area (Å²) in [7, 11) is 0. The first-order chi connectivity index (χ1) is 22.3. The van der Waals surface area contributed by atoms with E-state index in [4.69, 9.17) is 39.5 Å². The molecule has 1 saturated heterocycles. The number of ether oxygens (including phenoxy) is 1. The van der Waals surface area contributed by atoms with E-state index < -0.39 is 92.0 Å². The number of anilines is 3. The fraction of sp³-hybridized carbons (Fsp3) is 0.300. The molecule has 3 unspecified atom stereocenters. The number of halogens is 11. The highest BCUT2D eigenvalue weighted by Crippen LogP contribution is 2.65. The Labute approximate surface area is 280 Å². The number of hydrogen-bond acceptors (Lipinski definition) is 4. The summed E-state index contributed by atoms with van der Waals surface area (Å²) in [6.45, 7) is 0.303. The lowest BCUT2D eigenvalue weighted by atomic mass is 10.0. The van der Waals surface area contributed by atoms with E-state index in [2.05, 4.69) is 16.0 Å². The van der Waals surface area contributed by atoms with Gasteiger partial charge in [0.05, 0.1) is 33.3 Å². The van der Waals surface area contributed by atoms with Gasteiger partial charge in [0.2, 0.25) is 5.91 Å². The van der Waals surface area contributed by atoms with Crippen LogP contribution in [0.1, 0.15) is 45.8 Å². The molecule has 1 heterocycles. The lowest BCUT2D eigenvalue weighted by Crippen LogP contribution is -2.28. The minimum absolute atomic E-state index is 0.0779. The molecule has 0 aromatic heterocycles. The molecule has 0 radical (unpaired) electrons. The number of rotatable bonds is 7. The Kier molecular flexibility index (Phi) is 9.64. The molecule has 3 N–H and O–H groups in total. The van der Waals surface area contributed by atoms with Crippen LogP contribution in [0.5, 0.6) is 0 Å². The summed E-state index contributed by atoms with van der Waals surface area (Å²) in [4.78, 5) is 38.5. The zero-order valence-electron chi connectivity index (χ0n) is 23.8. The van der Waals surface area contributed by atoms with Crippen molar-refractivity contribution in [3.63, 3.8) is 0 Å². The normalized spacial score (nSPS) is 20.3. The van der Waals surface area contributed by atoms with E-state index in [9.17, 15) is 45.1 Å². The van der Waals surface area contributed by atoms with Crippen molar-refractivity contribution in [2.24, 2.45) is 5.92 Å². The largest absolute Gasteiger partial charge is 0.416 e. The summed E-state index contributed by atoms with van der Waals surface area (Å²) in [6, 6.07) is 5.84. The van der Waals surface area contributed by atoms with Crippen LogP contribution in [0.25, 0.3) is 0 Å². The third kappa shape index (κ3) is 7.33. The van der Waals surface area contributed by atoms with Gasteiger partial charge in [0.1, 0.15) is 21.9 Å². The smallest absolute Gasteiger partial charge is 0.368 e. The summed E-state index contributed by atoms with van der Waals surface area (Å²) < 4.78 is 113. The van der Waals surface area contributed by atoms with Crippen LogP contribution in [0.15, 0.2) is 48.5 Å². The number of benzene rings is 3. The summed E-state index contributed by atoms with van der Waals surface area (Å²) >= 11 is 18.5. The quantitative estimate of drug-likeness (QED) is 0.167. The zero-order valence-corrected chi connectivity index (χ0v) is 26.0. The van der Waals surface area contributed by atoms with Gasteiger partial charge in [-0.05, 0) is 66.9 Å². The van der Waals surface area contributed by atoms with Crippen LogP contribution in [0.4, 0.5) is 52.2 Å². The van der Waals surface area contributed by atoms with Gasteiger partial charge in [-0.3, -0.25) is 14.4 Å². The first-order valence-corrected chi connectivity index (χ1v) is 14.9. The average molecular weight is 745 g/mol. The fourth-order valence-corrected chi connectivity index (χ4v) is 6.20. The van der Waals surface area contributed by atoms with Gasteiger partial charge in [-0.15, -0.1) is 23.2 Å². The van der Waals surface area contributed by atoms with Crippen molar-refractivity contribution in [1.29, 1.82) is 0 Å². The van der Waals surface area contributed by atoms with E-state index in [-0.39, 0.29) is 22.3 Å². The number of carbonyl (C=O) groups excluding carboxylic acids is 3. The Balaban J connectivity index is 1.34. The van der Waals surface area contributed by atoms with Gasteiger partial charge in [-0.2, -0.15) is 26.3 Å². The lowest BCUT2D eigenvalue weighted by molar-refractivity contribution is -0.143. The molecule has 3 amide bonds. The molecule has 3 atom stereocenters. The second-order valence-corrected chi connectivity index (χ2v) is 12.7. The molecule has 0 bridgehead atoms. The van der Waals surface area contributed by atoms with Crippen molar-refractivity contribution in [3.05, 3.63) is 87.4 Å². The molecule has 1 saturated carbocycles. The van der Waals surface area contributed by atoms with Crippen molar-refractivity contribution in [2.45, 2.75) is 41.5 Å². The number of carbonyl (C=O) groups is 3. The van der Waals surface area contributed by atoms with Crippen LogP contribution < -0.4 is 16.0 Å². The molecule has 7 nitrogen and oxygen atoms in total. The molecule has 1 aliphatic heterocycles. The predicted octanol–water partition coefficient (Wildman–Crippen LogP) is 8.55. The number of nitrogens with one attached hydrogen (secondary N) is 3. The maximum absolute atomic E-state index is 15.2.